The minimum atomic E-state index is -0.204. The number of carbonyl (C=O) groups is 1. The molecule has 3 rings (SSSR count). The quantitative estimate of drug-likeness (QED) is 0.905. The number of anilines is 1. The Morgan fingerprint density at radius 2 is 2.00 bits per heavy atom. The van der Waals surface area contributed by atoms with Crippen molar-refractivity contribution in [1.29, 1.82) is 0 Å². The van der Waals surface area contributed by atoms with Crippen molar-refractivity contribution in [2.24, 2.45) is 5.73 Å². The summed E-state index contributed by atoms with van der Waals surface area (Å²) >= 11 is 0. The minimum Gasteiger partial charge on any atom is -0.322 e. The summed E-state index contributed by atoms with van der Waals surface area (Å²) in [5.74, 6) is 0.993. The van der Waals surface area contributed by atoms with Gasteiger partial charge in [0.05, 0.1) is 17.9 Å². The van der Waals surface area contributed by atoms with E-state index in [4.69, 9.17) is 10.8 Å². The summed E-state index contributed by atoms with van der Waals surface area (Å²) in [6.07, 6.45) is 4.87. The molecule has 0 spiro atoms. The van der Waals surface area contributed by atoms with Gasteiger partial charge < -0.3 is 11.1 Å². The molecule has 5 heteroatoms. The van der Waals surface area contributed by atoms with Crippen LogP contribution in [0.2, 0.25) is 0 Å². The maximum absolute atomic E-state index is 11.6. The number of nitrogens with one attached hydrogen (secondary N) is 1. The van der Waals surface area contributed by atoms with Crippen LogP contribution in [0.1, 0.15) is 37.3 Å². The predicted molar refractivity (Wildman–Crippen MR) is 82.5 cm³/mol. The van der Waals surface area contributed by atoms with Crippen molar-refractivity contribution >= 4 is 11.7 Å². The van der Waals surface area contributed by atoms with Gasteiger partial charge in [0.2, 0.25) is 5.91 Å². The van der Waals surface area contributed by atoms with Gasteiger partial charge in [-0.05, 0) is 25.0 Å². The van der Waals surface area contributed by atoms with Crippen LogP contribution in [0.3, 0.4) is 0 Å². The topological polar surface area (TPSA) is 72.9 Å². The van der Waals surface area contributed by atoms with Crippen molar-refractivity contribution in [2.75, 3.05) is 11.9 Å². The monoisotopic (exact) mass is 284 g/mol. The first kappa shape index (κ1) is 13.8. The van der Waals surface area contributed by atoms with Crippen LogP contribution in [-0.2, 0) is 4.79 Å². The standard InChI is InChI=1S/C16H20N4O/c17-11-16(21)18-15-10-14(12-6-4-5-7-12)19-20(15)13-8-2-1-3-9-13/h1-3,8-10,12H,4-7,11,17H2,(H,18,21). The number of hydrogen-bond acceptors (Lipinski definition) is 3. The molecular formula is C16H20N4O. The maximum Gasteiger partial charge on any atom is 0.239 e. The average Bonchev–Trinajstić information content (AvgIpc) is 3.17. The Morgan fingerprint density at radius 1 is 1.29 bits per heavy atom. The number of rotatable bonds is 4. The summed E-state index contributed by atoms with van der Waals surface area (Å²) in [7, 11) is 0. The number of nitrogens with zero attached hydrogens (tertiary/aromatic N) is 2. The van der Waals surface area contributed by atoms with E-state index in [-0.39, 0.29) is 12.5 Å². The van der Waals surface area contributed by atoms with Crippen LogP contribution in [-0.4, -0.2) is 22.2 Å². The van der Waals surface area contributed by atoms with Crippen LogP contribution in [0.25, 0.3) is 5.69 Å². The van der Waals surface area contributed by atoms with E-state index in [1.165, 1.54) is 25.7 Å². The van der Waals surface area contributed by atoms with Gasteiger partial charge in [-0.2, -0.15) is 5.10 Å². The van der Waals surface area contributed by atoms with Crippen molar-refractivity contribution in [1.82, 2.24) is 9.78 Å². The molecule has 0 radical (unpaired) electrons. The molecule has 2 aromatic rings. The van der Waals surface area contributed by atoms with Crippen molar-refractivity contribution in [3.05, 3.63) is 42.1 Å². The molecule has 0 unspecified atom stereocenters. The molecule has 1 saturated carbocycles. The fourth-order valence-corrected chi connectivity index (χ4v) is 2.87. The molecule has 0 aliphatic heterocycles. The second-order valence-corrected chi connectivity index (χ2v) is 5.44. The molecule has 1 aliphatic rings. The molecule has 110 valence electrons. The molecule has 0 atom stereocenters. The Morgan fingerprint density at radius 3 is 2.67 bits per heavy atom. The lowest BCUT2D eigenvalue weighted by Gasteiger charge is -2.07. The Hall–Kier alpha value is -2.14. The summed E-state index contributed by atoms with van der Waals surface area (Å²) in [6.45, 7) is -0.0290. The largest absolute Gasteiger partial charge is 0.322 e. The van der Waals surface area contributed by atoms with E-state index in [0.717, 1.165) is 11.4 Å². The Kier molecular flexibility index (Phi) is 4.01. The van der Waals surface area contributed by atoms with Gasteiger partial charge in [-0.3, -0.25) is 4.79 Å². The van der Waals surface area contributed by atoms with Gasteiger partial charge in [0.1, 0.15) is 5.82 Å². The first-order valence-electron chi connectivity index (χ1n) is 7.43. The van der Waals surface area contributed by atoms with Gasteiger partial charge in [-0.15, -0.1) is 0 Å². The highest BCUT2D eigenvalue weighted by atomic mass is 16.1. The summed E-state index contributed by atoms with van der Waals surface area (Å²) in [5, 5.41) is 7.55. The Balaban J connectivity index is 1.97. The van der Waals surface area contributed by atoms with Gasteiger partial charge in [-0.25, -0.2) is 4.68 Å². The number of hydrogen-bond donors (Lipinski definition) is 2. The molecule has 0 bridgehead atoms. The number of para-hydroxylation sites is 1. The van der Waals surface area contributed by atoms with Crippen molar-refractivity contribution in [3.8, 4) is 5.69 Å². The summed E-state index contributed by atoms with van der Waals surface area (Å²) < 4.78 is 1.79. The number of benzene rings is 1. The highest BCUT2D eigenvalue weighted by molar-refractivity contribution is 5.91. The van der Waals surface area contributed by atoms with Crippen LogP contribution in [0.4, 0.5) is 5.82 Å². The van der Waals surface area contributed by atoms with E-state index < -0.39 is 0 Å². The Bertz CT molecular complexity index is 614. The molecule has 21 heavy (non-hydrogen) atoms. The van der Waals surface area contributed by atoms with Crippen LogP contribution in [0.5, 0.6) is 0 Å². The maximum atomic E-state index is 11.6. The summed E-state index contributed by atoms with van der Waals surface area (Å²) in [5.41, 5.74) is 7.39. The number of amides is 1. The second kappa shape index (κ2) is 6.10. The van der Waals surface area contributed by atoms with E-state index >= 15 is 0 Å². The van der Waals surface area contributed by atoms with E-state index in [1.54, 1.807) is 4.68 Å². The molecule has 1 fully saturated rings. The molecule has 1 aliphatic carbocycles. The van der Waals surface area contributed by atoms with E-state index in [2.05, 4.69) is 5.32 Å². The lowest BCUT2D eigenvalue weighted by atomic mass is 10.0. The van der Waals surface area contributed by atoms with Gasteiger partial charge in [-0.1, -0.05) is 31.0 Å². The highest BCUT2D eigenvalue weighted by Crippen LogP contribution is 2.34. The van der Waals surface area contributed by atoms with Crippen molar-refractivity contribution < 1.29 is 4.79 Å². The molecular weight excluding hydrogens is 264 g/mol. The SMILES string of the molecule is NCC(=O)Nc1cc(C2CCCC2)nn1-c1ccccc1. The smallest absolute Gasteiger partial charge is 0.239 e. The van der Waals surface area contributed by atoms with Crippen LogP contribution in [0, 0.1) is 0 Å². The van der Waals surface area contributed by atoms with E-state index in [9.17, 15) is 4.79 Å². The first-order valence-corrected chi connectivity index (χ1v) is 7.43. The summed E-state index contributed by atoms with van der Waals surface area (Å²) in [6, 6.07) is 11.8. The van der Waals surface area contributed by atoms with Crippen molar-refractivity contribution in [3.63, 3.8) is 0 Å². The summed E-state index contributed by atoms with van der Waals surface area (Å²) in [4.78, 5) is 11.6. The molecule has 1 amide bonds. The molecule has 1 heterocycles. The zero-order valence-electron chi connectivity index (χ0n) is 12.0. The van der Waals surface area contributed by atoms with Gasteiger partial charge in [0.25, 0.3) is 0 Å². The van der Waals surface area contributed by atoms with Gasteiger partial charge in [0, 0.05) is 12.0 Å². The fourth-order valence-electron chi connectivity index (χ4n) is 2.87. The fraction of sp³-hybridized carbons (Fsp3) is 0.375. The highest BCUT2D eigenvalue weighted by Gasteiger charge is 2.22. The van der Waals surface area contributed by atoms with Gasteiger partial charge in [0.15, 0.2) is 0 Å². The average molecular weight is 284 g/mol. The third kappa shape index (κ3) is 2.97. The number of nitrogens with two attached hydrogens (primary N) is 1. The number of carbonyl (C=O) groups excluding carboxylic acids is 1. The third-order valence-corrected chi connectivity index (χ3v) is 3.96. The first-order chi connectivity index (χ1) is 10.3. The zero-order valence-corrected chi connectivity index (χ0v) is 12.0. The number of aromatic nitrogens is 2. The van der Waals surface area contributed by atoms with Crippen LogP contribution < -0.4 is 11.1 Å². The Labute approximate surface area is 124 Å². The molecule has 1 aromatic carbocycles. The lowest BCUT2D eigenvalue weighted by Crippen LogP contribution is -2.23. The second-order valence-electron chi connectivity index (χ2n) is 5.44. The molecule has 5 nitrogen and oxygen atoms in total. The van der Waals surface area contributed by atoms with Crippen molar-refractivity contribution in [2.45, 2.75) is 31.6 Å². The third-order valence-electron chi connectivity index (χ3n) is 3.96. The molecule has 0 saturated heterocycles. The molecule has 3 N–H and O–H groups in total. The van der Waals surface area contributed by atoms with Crippen LogP contribution in [0.15, 0.2) is 36.4 Å². The zero-order chi connectivity index (χ0) is 14.7. The normalized spacial score (nSPS) is 15.3. The lowest BCUT2D eigenvalue weighted by molar-refractivity contribution is -0.114. The predicted octanol–water partition coefficient (Wildman–Crippen LogP) is 2.43. The van der Waals surface area contributed by atoms with E-state index in [1.807, 2.05) is 36.4 Å². The minimum absolute atomic E-state index is 0.0290. The van der Waals surface area contributed by atoms with Crippen LogP contribution >= 0.6 is 0 Å². The molecule has 1 aromatic heterocycles. The van der Waals surface area contributed by atoms with Gasteiger partial charge >= 0.3 is 0 Å². The van der Waals surface area contributed by atoms with E-state index in [0.29, 0.717) is 11.7 Å².